The maximum Gasteiger partial charge on any atom is 0.303 e. The van der Waals surface area contributed by atoms with Gasteiger partial charge in [0.25, 0.3) is 0 Å². The summed E-state index contributed by atoms with van der Waals surface area (Å²) in [6, 6.07) is 7.68. The van der Waals surface area contributed by atoms with Gasteiger partial charge in [0.15, 0.2) is 0 Å². The molecule has 1 saturated carbocycles. The third-order valence-electron chi connectivity index (χ3n) is 4.36. The number of hydrogen-bond donors (Lipinski definition) is 2. The second kappa shape index (κ2) is 7.68. The molecule has 0 radical (unpaired) electrons. The van der Waals surface area contributed by atoms with Gasteiger partial charge in [0.05, 0.1) is 12.1 Å². The second-order valence-corrected chi connectivity index (χ2v) is 6.90. The van der Waals surface area contributed by atoms with Gasteiger partial charge in [0, 0.05) is 11.3 Å². The van der Waals surface area contributed by atoms with Gasteiger partial charge in [-0.1, -0.05) is 31.4 Å². The van der Waals surface area contributed by atoms with Gasteiger partial charge < -0.3 is 10.4 Å². The zero-order chi connectivity index (χ0) is 16.0. The van der Waals surface area contributed by atoms with Gasteiger partial charge >= 0.3 is 5.97 Å². The average Bonchev–Trinajstić information content (AvgIpc) is 2.47. The van der Waals surface area contributed by atoms with Crippen molar-refractivity contribution in [2.75, 3.05) is 11.6 Å². The second-order valence-electron chi connectivity index (χ2n) is 6.06. The van der Waals surface area contributed by atoms with Gasteiger partial charge in [0.1, 0.15) is 0 Å². The van der Waals surface area contributed by atoms with Crippen LogP contribution in [0.5, 0.6) is 0 Å². The fourth-order valence-electron chi connectivity index (χ4n) is 3.32. The molecular formula is C17H23NO3S. The molecule has 5 heteroatoms. The molecule has 1 aromatic rings. The van der Waals surface area contributed by atoms with Crippen molar-refractivity contribution in [2.24, 2.45) is 5.41 Å². The summed E-state index contributed by atoms with van der Waals surface area (Å²) in [4.78, 5) is 24.6. The molecule has 1 aliphatic rings. The number of nitrogens with one attached hydrogen (secondary N) is 1. The van der Waals surface area contributed by atoms with E-state index in [4.69, 9.17) is 0 Å². The lowest BCUT2D eigenvalue weighted by Crippen LogP contribution is -2.32. The first kappa shape index (κ1) is 16.9. The summed E-state index contributed by atoms with van der Waals surface area (Å²) in [5.74, 6) is -0.885. The Morgan fingerprint density at radius 3 is 2.50 bits per heavy atom. The van der Waals surface area contributed by atoms with Crippen LogP contribution in [0.3, 0.4) is 0 Å². The van der Waals surface area contributed by atoms with Crippen LogP contribution >= 0.6 is 11.8 Å². The molecule has 4 nitrogen and oxygen atoms in total. The maximum atomic E-state index is 12.4. The highest BCUT2D eigenvalue weighted by Gasteiger charge is 2.36. The van der Waals surface area contributed by atoms with Crippen LogP contribution < -0.4 is 5.32 Å². The predicted octanol–water partition coefficient (Wildman–Crippen LogP) is 4.16. The van der Waals surface area contributed by atoms with Crippen LogP contribution in [0.25, 0.3) is 0 Å². The number of para-hydroxylation sites is 1. The van der Waals surface area contributed by atoms with Crippen molar-refractivity contribution in [3.63, 3.8) is 0 Å². The SMILES string of the molecule is CSc1ccccc1NC(=O)CC1(CC(=O)O)CCCCC1. The molecule has 22 heavy (non-hydrogen) atoms. The average molecular weight is 321 g/mol. The Bertz CT molecular complexity index is 538. The van der Waals surface area contributed by atoms with E-state index in [2.05, 4.69) is 5.32 Å². The monoisotopic (exact) mass is 321 g/mol. The highest BCUT2D eigenvalue weighted by molar-refractivity contribution is 7.98. The Labute approximate surface area is 135 Å². The zero-order valence-electron chi connectivity index (χ0n) is 12.9. The van der Waals surface area contributed by atoms with Crippen molar-refractivity contribution in [1.29, 1.82) is 0 Å². The van der Waals surface area contributed by atoms with Crippen molar-refractivity contribution in [1.82, 2.24) is 0 Å². The van der Waals surface area contributed by atoms with E-state index >= 15 is 0 Å². The number of carboxylic acid groups (broad SMARTS) is 1. The lowest BCUT2D eigenvalue weighted by Gasteiger charge is -2.35. The fraction of sp³-hybridized carbons (Fsp3) is 0.529. The van der Waals surface area contributed by atoms with Crippen molar-refractivity contribution in [2.45, 2.75) is 49.8 Å². The minimum Gasteiger partial charge on any atom is -0.481 e. The molecule has 2 rings (SSSR count). The summed E-state index contributed by atoms with van der Waals surface area (Å²) in [5.41, 5.74) is 0.434. The quantitative estimate of drug-likeness (QED) is 0.772. The molecule has 1 fully saturated rings. The molecule has 0 heterocycles. The van der Waals surface area contributed by atoms with E-state index in [1.54, 1.807) is 11.8 Å². The standard InChI is InChI=1S/C17H23NO3S/c1-22-14-8-4-3-7-13(14)18-15(19)11-17(12-16(20)21)9-5-2-6-10-17/h3-4,7-8H,2,5-6,9-12H2,1H3,(H,18,19)(H,20,21). The summed E-state index contributed by atoms with van der Waals surface area (Å²) in [6.45, 7) is 0. The summed E-state index contributed by atoms with van der Waals surface area (Å²) in [5, 5.41) is 12.1. The number of amides is 1. The lowest BCUT2D eigenvalue weighted by molar-refractivity contribution is -0.140. The van der Waals surface area contributed by atoms with Gasteiger partial charge in [0.2, 0.25) is 5.91 Å². The predicted molar refractivity (Wildman–Crippen MR) is 89.2 cm³/mol. The van der Waals surface area contributed by atoms with Crippen LogP contribution in [0.4, 0.5) is 5.69 Å². The largest absolute Gasteiger partial charge is 0.481 e. The van der Waals surface area contributed by atoms with Crippen molar-refractivity contribution in [3.8, 4) is 0 Å². The van der Waals surface area contributed by atoms with E-state index in [0.717, 1.165) is 42.7 Å². The first-order chi connectivity index (χ1) is 10.5. The molecule has 0 bridgehead atoms. The number of hydrogen-bond acceptors (Lipinski definition) is 3. The molecule has 1 aromatic carbocycles. The maximum absolute atomic E-state index is 12.4. The van der Waals surface area contributed by atoms with E-state index in [1.165, 1.54) is 0 Å². The van der Waals surface area contributed by atoms with Crippen LogP contribution in [-0.2, 0) is 9.59 Å². The first-order valence-corrected chi connectivity index (χ1v) is 8.92. The van der Waals surface area contributed by atoms with Crippen LogP contribution in [0.1, 0.15) is 44.9 Å². The lowest BCUT2D eigenvalue weighted by atomic mass is 9.69. The smallest absolute Gasteiger partial charge is 0.303 e. The number of benzene rings is 1. The Kier molecular flexibility index (Phi) is 5.89. The molecule has 2 N–H and O–H groups in total. The van der Waals surface area contributed by atoms with Gasteiger partial charge in [-0.3, -0.25) is 9.59 Å². The Morgan fingerprint density at radius 2 is 1.86 bits per heavy atom. The molecule has 0 saturated heterocycles. The van der Waals surface area contributed by atoms with Crippen molar-refractivity contribution in [3.05, 3.63) is 24.3 Å². The first-order valence-electron chi connectivity index (χ1n) is 7.69. The third kappa shape index (κ3) is 4.50. The molecule has 1 amide bonds. The number of anilines is 1. The third-order valence-corrected chi connectivity index (χ3v) is 5.15. The molecule has 0 aliphatic heterocycles. The topological polar surface area (TPSA) is 66.4 Å². The number of carbonyl (C=O) groups excluding carboxylic acids is 1. The van der Waals surface area contributed by atoms with E-state index < -0.39 is 5.97 Å². The fourth-order valence-corrected chi connectivity index (χ4v) is 3.88. The zero-order valence-corrected chi connectivity index (χ0v) is 13.7. The number of aliphatic carboxylic acids is 1. The van der Waals surface area contributed by atoms with E-state index in [9.17, 15) is 14.7 Å². The van der Waals surface area contributed by atoms with Gasteiger partial charge in [-0.05, 0) is 36.6 Å². The summed E-state index contributed by atoms with van der Waals surface area (Å²) < 4.78 is 0. The summed E-state index contributed by atoms with van der Waals surface area (Å²) >= 11 is 1.58. The summed E-state index contributed by atoms with van der Waals surface area (Å²) in [6.07, 6.45) is 7.18. The van der Waals surface area contributed by atoms with Crippen molar-refractivity contribution >= 4 is 29.3 Å². The minimum absolute atomic E-state index is 0.0790. The molecule has 120 valence electrons. The Morgan fingerprint density at radius 1 is 1.18 bits per heavy atom. The summed E-state index contributed by atoms with van der Waals surface area (Å²) in [7, 11) is 0. The van der Waals surface area contributed by atoms with E-state index in [1.807, 2.05) is 30.5 Å². The van der Waals surface area contributed by atoms with Gasteiger partial charge in [-0.25, -0.2) is 0 Å². The number of carbonyl (C=O) groups is 2. The van der Waals surface area contributed by atoms with Crippen LogP contribution in [0.15, 0.2) is 29.2 Å². The highest BCUT2D eigenvalue weighted by Crippen LogP contribution is 2.42. The molecular weight excluding hydrogens is 298 g/mol. The Hall–Kier alpha value is -1.49. The van der Waals surface area contributed by atoms with E-state index in [-0.39, 0.29) is 17.7 Å². The van der Waals surface area contributed by atoms with Crippen LogP contribution in [-0.4, -0.2) is 23.2 Å². The van der Waals surface area contributed by atoms with Crippen molar-refractivity contribution < 1.29 is 14.7 Å². The molecule has 0 unspecified atom stereocenters. The van der Waals surface area contributed by atoms with Crippen LogP contribution in [0.2, 0.25) is 0 Å². The normalized spacial score (nSPS) is 17.0. The highest BCUT2D eigenvalue weighted by atomic mass is 32.2. The number of thioether (sulfide) groups is 1. The molecule has 0 atom stereocenters. The van der Waals surface area contributed by atoms with Gasteiger partial charge in [-0.15, -0.1) is 11.8 Å². The Balaban J connectivity index is 2.06. The minimum atomic E-state index is -0.806. The molecule has 0 spiro atoms. The number of rotatable bonds is 6. The number of carboxylic acids is 1. The molecule has 0 aromatic heterocycles. The van der Waals surface area contributed by atoms with E-state index in [0.29, 0.717) is 6.42 Å². The molecule has 1 aliphatic carbocycles. The van der Waals surface area contributed by atoms with Gasteiger partial charge in [-0.2, -0.15) is 0 Å². The van der Waals surface area contributed by atoms with Crippen LogP contribution in [0, 0.1) is 5.41 Å².